The maximum Gasteiger partial charge on any atom is 0.255 e. The fourth-order valence-corrected chi connectivity index (χ4v) is 4.96. The first kappa shape index (κ1) is 21.3. The van der Waals surface area contributed by atoms with E-state index in [1.807, 2.05) is 24.6 Å². The van der Waals surface area contributed by atoms with E-state index in [9.17, 15) is 9.59 Å². The molecule has 4 rings (SSSR count). The third-order valence-electron chi connectivity index (χ3n) is 6.92. The third-order valence-corrected chi connectivity index (χ3v) is 6.92. The van der Waals surface area contributed by atoms with E-state index in [0.29, 0.717) is 23.1 Å². The van der Waals surface area contributed by atoms with Gasteiger partial charge in [-0.05, 0) is 63.1 Å². The zero-order chi connectivity index (χ0) is 22.2. The Bertz CT molecular complexity index is 1040. The van der Waals surface area contributed by atoms with Gasteiger partial charge in [0.15, 0.2) is 0 Å². The zero-order valence-corrected chi connectivity index (χ0v) is 18.9. The Balaban J connectivity index is 1.46. The number of allylic oxidation sites excluding steroid dienone is 2. The lowest BCUT2D eigenvalue weighted by atomic mass is 9.77. The summed E-state index contributed by atoms with van der Waals surface area (Å²) in [5.41, 5.74) is 3.31. The van der Waals surface area contributed by atoms with Crippen LogP contribution in [0.3, 0.4) is 0 Å². The predicted molar refractivity (Wildman–Crippen MR) is 123 cm³/mol. The summed E-state index contributed by atoms with van der Waals surface area (Å²) in [6.07, 6.45) is 8.52. The molecule has 31 heavy (non-hydrogen) atoms. The summed E-state index contributed by atoms with van der Waals surface area (Å²) < 4.78 is 1.95. The number of amides is 2. The van der Waals surface area contributed by atoms with Crippen LogP contribution in [0.25, 0.3) is 0 Å². The van der Waals surface area contributed by atoms with Crippen LogP contribution in [0.15, 0.2) is 36.4 Å². The Morgan fingerprint density at radius 2 is 2.03 bits per heavy atom. The van der Waals surface area contributed by atoms with Gasteiger partial charge in [0.2, 0.25) is 5.91 Å². The van der Waals surface area contributed by atoms with Crippen molar-refractivity contribution in [2.45, 2.75) is 59.9 Å². The second-order valence-electron chi connectivity index (χ2n) is 9.22. The fraction of sp³-hybridized carbons (Fsp3) is 0.480. The SMILES string of the molecule is CCCCn1nc(C)c(NC(=O)c2cccc(NC(=O)C3(C)CC4C=CC3C4)c2)c1C. The van der Waals surface area contributed by atoms with Gasteiger partial charge in [-0.1, -0.05) is 38.5 Å². The Labute approximate surface area is 184 Å². The van der Waals surface area contributed by atoms with Crippen LogP contribution in [0.4, 0.5) is 11.4 Å². The molecule has 3 unspecified atom stereocenters. The van der Waals surface area contributed by atoms with E-state index in [0.717, 1.165) is 49.3 Å². The number of hydrogen-bond donors (Lipinski definition) is 2. The lowest BCUT2D eigenvalue weighted by molar-refractivity contribution is -0.126. The van der Waals surface area contributed by atoms with Gasteiger partial charge in [0.05, 0.1) is 22.5 Å². The van der Waals surface area contributed by atoms with Gasteiger partial charge in [-0.15, -0.1) is 0 Å². The lowest BCUT2D eigenvalue weighted by Crippen LogP contribution is -2.36. The van der Waals surface area contributed by atoms with Crippen molar-refractivity contribution in [1.82, 2.24) is 9.78 Å². The first-order valence-electron chi connectivity index (χ1n) is 11.3. The molecule has 1 saturated carbocycles. The largest absolute Gasteiger partial charge is 0.326 e. The third kappa shape index (κ3) is 4.03. The molecule has 164 valence electrons. The molecule has 2 N–H and O–H groups in total. The van der Waals surface area contributed by atoms with Gasteiger partial charge in [-0.2, -0.15) is 5.10 Å². The minimum absolute atomic E-state index is 0.0331. The monoisotopic (exact) mass is 420 g/mol. The molecule has 2 bridgehead atoms. The minimum Gasteiger partial charge on any atom is -0.326 e. The Morgan fingerprint density at radius 3 is 2.71 bits per heavy atom. The van der Waals surface area contributed by atoms with Crippen molar-refractivity contribution in [2.24, 2.45) is 17.3 Å². The predicted octanol–water partition coefficient (Wildman–Crippen LogP) is 5.09. The number of aryl methyl sites for hydroxylation is 2. The number of nitrogens with zero attached hydrogens (tertiary/aromatic N) is 2. The van der Waals surface area contributed by atoms with Crippen LogP contribution in [0.2, 0.25) is 0 Å². The van der Waals surface area contributed by atoms with Crippen molar-refractivity contribution in [1.29, 1.82) is 0 Å². The number of unbranched alkanes of at least 4 members (excludes halogenated alkanes) is 1. The maximum atomic E-state index is 13.0. The van der Waals surface area contributed by atoms with Crippen molar-refractivity contribution in [3.05, 3.63) is 53.4 Å². The topological polar surface area (TPSA) is 76.0 Å². The number of anilines is 2. The summed E-state index contributed by atoms with van der Waals surface area (Å²) in [6, 6.07) is 7.14. The Kier molecular flexibility index (Phi) is 5.73. The number of carbonyl (C=O) groups excluding carboxylic acids is 2. The highest BCUT2D eigenvalue weighted by Gasteiger charge is 2.49. The number of rotatable bonds is 7. The molecule has 1 fully saturated rings. The van der Waals surface area contributed by atoms with Crippen molar-refractivity contribution >= 4 is 23.2 Å². The summed E-state index contributed by atoms with van der Waals surface area (Å²) in [5.74, 6) is 0.652. The fourth-order valence-electron chi connectivity index (χ4n) is 4.96. The average Bonchev–Trinajstić information content (AvgIpc) is 3.42. The van der Waals surface area contributed by atoms with Gasteiger partial charge in [-0.3, -0.25) is 14.3 Å². The second-order valence-corrected chi connectivity index (χ2v) is 9.22. The molecular formula is C25H32N4O2. The normalized spacial score (nSPS) is 23.9. The summed E-state index contributed by atoms with van der Waals surface area (Å²) in [4.78, 5) is 26.0. The van der Waals surface area contributed by atoms with E-state index >= 15 is 0 Å². The molecule has 0 aliphatic heterocycles. The standard InChI is InChI=1S/C25H32N4O2/c1-5-6-12-29-17(3)22(16(2)28-29)27-23(30)19-8-7-9-21(14-19)26-24(31)25(4)15-18-10-11-20(25)13-18/h7-11,14,18,20H,5-6,12-13,15H2,1-4H3,(H,26,31)(H,27,30). The molecule has 2 aliphatic carbocycles. The Morgan fingerprint density at radius 1 is 1.23 bits per heavy atom. The van der Waals surface area contributed by atoms with Crippen molar-refractivity contribution in [3.8, 4) is 0 Å². The first-order valence-corrected chi connectivity index (χ1v) is 11.3. The number of aromatic nitrogens is 2. The molecule has 1 aromatic heterocycles. The van der Waals surface area contributed by atoms with E-state index < -0.39 is 0 Å². The van der Waals surface area contributed by atoms with Crippen LogP contribution >= 0.6 is 0 Å². The molecule has 1 heterocycles. The summed E-state index contributed by atoms with van der Waals surface area (Å²) >= 11 is 0. The van der Waals surface area contributed by atoms with Gasteiger partial charge in [0.25, 0.3) is 5.91 Å². The van der Waals surface area contributed by atoms with Crippen LogP contribution in [-0.4, -0.2) is 21.6 Å². The molecule has 6 heteroatoms. The van der Waals surface area contributed by atoms with Crippen LogP contribution in [0.1, 0.15) is 61.3 Å². The van der Waals surface area contributed by atoms with Gasteiger partial charge < -0.3 is 10.6 Å². The molecule has 2 aliphatic rings. The van der Waals surface area contributed by atoms with E-state index in [-0.39, 0.29) is 17.2 Å². The zero-order valence-electron chi connectivity index (χ0n) is 18.9. The average molecular weight is 421 g/mol. The molecule has 6 nitrogen and oxygen atoms in total. The summed E-state index contributed by atoms with van der Waals surface area (Å²) in [7, 11) is 0. The first-order chi connectivity index (χ1) is 14.8. The van der Waals surface area contributed by atoms with Crippen molar-refractivity contribution in [2.75, 3.05) is 10.6 Å². The van der Waals surface area contributed by atoms with E-state index in [1.165, 1.54) is 0 Å². The lowest BCUT2D eigenvalue weighted by Gasteiger charge is -2.29. The van der Waals surface area contributed by atoms with E-state index in [4.69, 9.17) is 0 Å². The number of carbonyl (C=O) groups is 2. The van der Waals surface area contributed by atoms with E-state index in [2.05, 4.69) is 41.7 Å². The second kappa shape index (κ2) is 8.33. The molecule has 3 atom stereocenters. The van der Waals surface area contributed by atoms with Crippen LogP contribution in [-0.2, 0) is 11.3 Å². The van der Waals surface area contributed by atoms with E-state index in [1.54, 1.807) is 18.2 Å². The molecule has 0 saturated heterocycles. The smallest absolute Gasteiger partial charge is 0.255 e. The van der Waals surface area contributed by atoms with Crippen LogP contribution in [0, 0.1) is 31.1 Å². The molecule has 2 aromatic rings. The molecule has 0 radical (unpaired) electrons. The highest BCUT2D eigenvalue weighted by Crippen LogP contribution is 2.52. The van der Waals surface area contributed by atoms with Crippen molar-refractivity contribution in [3.63, 3.8) is 0 Å². The van der Waals surface area contributed by atoms with Crippen LogP contribution < -0.4 is 10.6 Å². The minimum atomic E-state index is -0.376. The molecule has 0 spiro atoms. The summed E-state index contributed by atoms with van der Waals surface area (Å²) in [6.45, 7) is 8.93. The number of benzene rings is 1. The van der Waals surface area contributed by atoms with Gasteiger partial charge in [0.1, 0.15) is 0 Å². The number of fused-ring (bicyclic) bond motifs is 2. The number of nitrogens with one attached hydrogen (secondary N) is 2. The summed E-state index contributed by atoms with van der Waals surface area (Å²) in [5, 5.41) is 10.6. The molecular weight excluding hydrogens is 388 g/mol. The van der Waals surface area contributed by atoms with Gasteiger partial charge in [0, 0.05) is 17.8 Å². The quantitative estimate of drug-likeness (QED) is 0.612. The molecule has 1 aromatic carbocycles. The Hall–Kier alpha value is -2.89. The van der Waals surface area contributed by atoms with Crippen molar-refractivity contribution < 1.29 is 9.59 Å². The van der Waals surface area contributed by atoms with Gasteiger partial charge in [-0.25, -0.2) is 0 Å². The highest BCUT2D eigenvalue weighted by atomic mass is 16.2. The maximum absolute atomic E-state index is 13.0. The molecule has 2 amide bonds. The number of hydrogen-bond acceptors (Lipinski definition) is 3. The van der Waals surface area contributed by atoms with Crippen LogP contribution in [0.5, 0.6) is 0 Å². The highest BCUT2D eigenvalue weighted by molar-refractivity contribution is 6.06. The van der Waals surface area contributed by atoms with Gasteiger partial charge >= 0.3 is 0 Å².